The van der Waals surface area contributed by atoms with E-state index in [1.165, 1.54) is 84.1 Å². The summed E-state index contributed by atoms with van der Waals surface area (Å²) >= 11 is 0. The molecule has 4 heteroatoms. The number of methoxy groups -OCH3 is 1. The van der Waals surface area contributed by atoms with Gasteiger partial charge in [-0.25, -0.2) is 0 Å². The van der Waals surface area contributed by atoms with Gasteiger partial charge in [-0.05, 0) is 88.9 Å². The minimum atomic E-state index is 0.700. The maximum atomic E-state index is 5.23. The molecule has 0 aromatic carbocycles. The van der Waals surface area contributed by atoms with Crippen molar-refractivity contribution in [2.45, 2.75) is 57.4 Å². The molecule has 0 aromatic heterocycles. The fraction of sp³-hybridized carbons (Fsp3) is 1.00. The third-order valence-electron chi connectivity index (χ3n) is 6.62. The molecular weight excluding hydrogens is 286 g/mol. The first kappa shape index (κ1) is 17.7. The summed E-state index contributed by atoms with van der Waals surface area (Å²) in [5.41, 5.74) is 0.700. The van der Waals surface area contributed by atoms with Crippen LogP contribution in [-0.2, 0) is 4.74 Å². The summed E-state index contributed by atoms with van der Waals surface area (Å²) in [5, 5.41) is 7.44. The van der Waals surface area contributed by atoms with E-state index in [1.54, 1.807) is 7.11 Å². The van der Waals surface area contributed by atoms with Gasteiger partial charge in [-0.15, -0.1) is 0 Å². The zero-order valence-electron chi connectivity index (χ0n) is 15.1. The second-order valence-corrected chi connectivity index (χ2v) is 8.23. The molecule has 2 saturated heterocycles. The molecule has 0 aromatic rings. The average Bonchev–Trinajstić information content (AvgIpc) is 2.61. The topological polar surface area (TPSA) is 36.5 Å². The summed E-state index contributed by atoms with van der Waals surface area (Å²) in [4.78, 5) is 2.59. The first-order valence-corrected chi connectivity index (χ1v) is 9.95. The number of hydrogen-bond acceptors (Lipinski definition) is 4. The lowest BCUT2D eigenvalue weighted by atomic mass is 9.67. The maximum Gasteiger partial charge on any atom is 0.0589 e. The number of ether oxygens (including phenoxy) is 1. The Balaban J connectivity index is 1.34. The van der Waals surface area contributed by atoms with Crippen molar-refractivity contribution in [1.82, 2.24) is 15.5 Å². The van der Waals surface area contributed by atoms with E-state index in [0.29, 0.717) is 5.41 Å². The number of nitrogens with zero attached hydrogens (tertiary/aromatic N) is 1. The highest BCUT2D eigenvalue weighted by Gasteiger charge is 2.36. The standard InChI is InChI=1S/C19H37N3O/c1-23-14-13-22-12-2-3-17(16-22)15-21-18-4-6-19(7-5-18)8-10-20-11-9-19/h17-18,20-21H,2-16H2,1H3. The molecule has 0 radical (unpaired) electrons. The predicted octanol–water partition coefficient (Wildman–Crippen LogP) is 2.25. The van der Waals surface area contributed by atoms with Crippen LogP contribution < -0.4 is 10.6 Å². The Morgan fingerprint density at radius 1 is 1.13 bits per heavy atom. The molecule has 2 aliphatic heterocycles. The van der Waals surface area contributed by atoms with Crippen molar-refractivity contribution < 1.29 is 4.74 Å². The molecule has 1 atom stereocenters. The molecule has 1 saturated carbocycles. The SMILES string of the molecule is COCCN1CCCC(CNC2CCC3(CCNCC3)CC2)C1. The summed E-state index contributed by atoms with van der Waals surface area (Å²) in [7, 11) is 1.81. The van der Waals surface area contributed by atoms with Crippen LogP contribution in [0.1, 0.15) is 51.4 Å². The van der Waals surface area contributed by atoms with E-state index in [0.717, 1.165) is 25.1 Å². The van der Waals surface area contributed by atoms with Crippen molar-refractivity contribution in [2.75, 3.05) is 53.0 Å². The third-order valence-corrected chi connectivity index (χ3v) is 6.62. The van der Waals surface area contributed by atoms with E-state index in [9.17, 15) is 0 Å². The zero-order chi connectivity index (χ0) is 16.0. The molecular formula is C19H37N3O. The number of likely N-dealkylation sites (tertiary alicyclic amines) is 1. The van der Waals surface area contributed by atoms with Crippen molar-refractivity contribution in [1.29, 1.82) is 0 Å². The summed E-state index contributed by atoms with van der Waals surface area (Å²) in [6.45, 7) is 8.23. The van der Waals surface area contributed by atoms with Crippen molar-refractivity contribution >= 4 is 0 Å². The van der Waals surface area contributed by atoms with Crippen molar-refractivity contribution in [3.8, 4) is 0 Å². The lowest BCUT2D eigenvalue weighted by Crippen LogP contribution is -2.46. The fourth-order valence-electron chi connectivity index (χ4n) is 4.97. The summed E-state index contributed by atoms with van der Waals surface area (Å²) in [6, 6.07) is 0.782. The Kier molecular flexibility index (Phi) is 6.75. The van der Waals surface area contributed by atoms with Crippen molar-refractivity contribution in [3.63, 3.8) is 0 Å². The van der Waals surface area contributed by atoms with Crippen molar-refractivity contribution in [3.05, 3.63) is 0 Å². The van der Waals surface area contributed by atoms with Crippen LogP contribution in [-0.4, -0.2) is 63.9 Å². The van der Waals surface area contributed by atoms with Gasteiger partial charge in [-0.3, -0.25) is 0 Å². The van der Waals surface area contributed by atoms with E-state index < -0.39 is 0 Å². The van der Waals surface area contributed by atoms with Gasteiger partial charge in [0.15, 0.2) is 0 Å². The average molecular weight is 324 g/mol. The van der Waals surface area contributed by atoms with Crippen LogP contribution in [0.25, 0.3) is 0 Å². The van der Waals surface area contributed by atoms with Gasteiger partial charge in [0.25, 0.3) is 0 Å². The van der Waals surface area contributed by atoms with Gasteiger partial charge >= 0.3 is 0 Å². The van der Waals surface area contributed by atoms with Crippen LogP contribution in [0.15, 0.2) is 0 Å². The largest absolute Gasteiger partial charge is 0.383 e. The lowest BCUT2D eigenvalue weighted by molar-refractivity contribution is 0.102. The Bertz CT molecular complexity index is 334. The number of nitrogens with one attached hydrogen (secondary N) is 2. The molecule has 2 N–H and O–H groups in total. The first-order chi connectivity index (χ1) is 11.3. The summed E-state index contributed by atoms with van der Waals surface area (Å²) < 4.78 is 5.23. The van der Waals surface area contributed by atoms with E-state index in [1.807, 2.05) is 0 Å². The minimum Gasteiger partial charge on any atom is -0.383 e. The molecule has 3 aliphatic rings. The molecule has 1 spiro atoms. The molecule has 4 nitrogen and oxygen atoms in total. The Labute approximate surface area is 142 Å². The third kappa shape index (κ3) is 5.15. The highest BCUT2D eigenvalue weighted by atomic mass is 16.5. The van der Waals surface area contributed by atoms with Gasteiger partial charge in [-0.2, -0.15) is 0 Å². The zero-order valence-corrected chi connectivity index (χ0v) is 15.1. The van der Waals surface area contributed by atoms with Crippen LogP contribution in [0, 0.1) is 11.3 Å². The molecule has 3 fully saturated rings. The lowest BCUT2D eigenvalue weighted by Gasteiger charge is -2.43. The molecule has 1 aliphatic carbocycles. The molecule has 0 bridgehead atoms. The molecule has 3 rings (SSSR count). The summed E-state index contributed by atoms with van der Waals surface area (Å²) in [5.74, 6) is 0.843. The smallest absolute Gasteiger partial charge is 0.0589 e. The van der Waals surface area contributed by atoms with Crippen LogP contribution >= 0.6 is 0 Å². The van der Waals surface area contributed by atoms with E-state index in [2.05, 4.69) is 15.5 Å². The van der Waals surface area contributed by atoms with Gasteiger partial charge in [0.2, 0.25) is 0 Å². The van der Waals surface area contributed by atoms with E-state index in [-0.39, 0.29) is 0 Å². The quantitative estimate of drug-likeness (QED) is 0.786. The van der Waals surface area contributed by atoms with E-state index in [4.69, 9.17) is 4.74 Å². The number of hydrogen-bond donors (Lipinski definition) is 2. The molecule has 134 valence electrons. The first-order valence-electron chi connectivity index (χ1n) is 9.95. The van der Waals surface area contributed by atoms with Gasteiger partial charge in [0.05, 0.1) is 6.61 Å². The molecule has 1 unspecified atom stereocenters. The Morgan fingerprint density at radius 2 is 1.91 bits per heavy atom. The van der Waals surface area contributed by atoms with Crippen LogP contribution in [0.5, 0.6) is 0 Å². The monoisotopic (exact) mass is 323 g/mol. The highest BCUT2D eigenvalue weighted by Crippen LogP contribution is 2.43. The summed E-state index contributed by atoms with van der Waals surface area (Å²) in [6.07, 6.45) is 11.3. The highest BCUT2D eigenvalue weighted by molar-refractivity contribution is 4.91. The molecule has 23 heavy (non-hydrogen) atoms. The Morgan fingerprint density at radius 3 is 2.65 bits per heavy atom. The van der Waals surface area contributed by atoms with Crippen LogP contribution in [0.2, 0.25) is 0 Å². The second-order valence-electron chi connectivity index (χ2n) is 8.23. The van der Waals surface area contributed by atoms with Crippen LogP contribution in [0.4, 0.5) is 0 Å². The van der Waals surface area contributed by atoms with Gasteiger partial charge in [-0.1, -0.05) is 0 Å². The molecule has 2 heterocycles. The number of piperidine rings is 2. The normalized spacial score (nSPS) is 29.9. The number of rotatable bonds is 6. The maximum absolute atomic E-state index is 5.23. The van der Waals surface area contributed by atoms with Gasteiger partial charge in [0, 0.05) is 26.2 Å². The van der Waals surface area contributed by atoms with E-state index >= 15 is 0 Å². The van der Waals surface area contributed by atoms with Crippen LogP contribution in [0.3, 0.4) is 0 Å². The van der Waals surface area contributed by atoms with Crippen molar-refractivity contribution in [2.24, 2.45) is 11.3 Å². The minimum absolute atomic E-state index is 0.700. The second kappa shape index (κ2) is 8.80. The molecule has 0 amide bonds. The Hall–Kier alpha value is -0.160. The fourth-order valence-corrected chi connectivity index (χ4v) is 4.97. The van der Waals surface area contributed by atoms with Gasteiger partial charge < -0.3 is 20.3 Å². The predicted molar refractivity (Wildman–Crippen MR) is 95.8 cm³/mol. The van der Waals surface area contributed by atoms with Gasteiger partial charge in [0.1, 0.15) is 0 Å².